The van der Waals surface area contributed by atoms with Crippen molar-refractivity contribution in [1.82, 2.24) is 0 Å². The topological polar surface area (TPSA) is 23.1 Å². The maximum Gasteiger partial charge on any atom is -0.0809 e. The average Bonchev–Trinajstić information content (AvgIpc) is 2.79. The normalized spacial score (nSPS) is 15.9. The second kappa shape index (κ2) is 9.17. The third-order valence-corrected chi connectivity index (χ3v) is 4.02. The van der Waals surface area contributed by atoms with E-state index < -0.39 is 0 Å². The van der Waals surface area contributed by atoms with E-state index >= 15 is 0 Å². The molecule has 0 aromatic carbocycles. The van der Waals surface area contributed by atoms with Crippen LogP contribution in [0.15, 0.2) is 44.2 Å². The molecular formula is C12H15ClOTi. The van der Waals surface area contributed by atoms with Crippen molar-refractivity contribution in [2.24, 2.45) is 0 Å². The number of halogens is 1. The van der Waals surface area contributed by atoms with E-state index in [1.54, 1.807) is 14.7 Å². The van der Waals surface area contributed by atoms with Gasteiger partial charge in [0.1, 0.15) is 0 Å². The fourth-order valence-corrected chi connectivity index (χ4v) is 3.18. The van der Waals surface area contributed by atoms with Crippen LogP contribution in [0.2, 0.25) is 0 Å². The minimum atomic E-state index is 0. The van der Waals surface area contributed by atoms with E-state index in [1.165, 1.54) is 12.8 Å². The third kappa shape index (κ3) is 6.16. The molecule has 0 saturated carbocycles. The Morgan fingerprint density at radius 3 is 1.80 bits per heavy atom. The molecule has 15 heavy (non-hydrogen) atoms. The zero-order valence-electron chi connectivity index (χ0n) is 8.87. The molecule has 0 spiro atoms. The molecule has 0 atom stereocenters. The molecule has 0 bridgehead atoms. The van der Waals surface area contributed by atoms with E-state index in [0.29, 0.717) is 0 Å². The molecule has 0 amide bonds. The largest absolute Gasteiger partial charge is 1.00 e. The van der Waals surface area contributed by atoms with Gasteiger partial charge in [0, 0.05) is 0 Å². The quantitative estimate of drug-likeness (QED) is 0.591. The summed E-state index contributed by atoms with van der Waals surface area (Å²) in [5, 5.41) is 8.93. The van der Waals surface area contributed by atoms with Crippen molar-refractivity contribution in [2.75, 3.05) is 6.61 Å². The molecule has 0 N–H and O–H groups in total. The van der Waals surface area contributed by atoms with Crippen LogP contribution in [0.25, 0.3) is 0 Å². The predicted octanol–water partition coefficient (Wildman–Crippen LogP) is -0.873. The molecule has 2 aliphatic rings. The number of hydrogen-bond donors (Lipinski definition) is 0. The van der Waals surface area contributed by atoms with Gasteiger partial charge in [0.05, 0.1) is 0 Å². The van der Waals surface area contributed by atoms with Gasteiger partial charge >= 0.3 is 76.2 Å². The zero-order valence-corrected chi connectivity index (χ0v) is 11.2. The Morgan fingerprint density at radius 1 is 1.13 bits per heavy atom. The van der Waals surface area contributed by atoms with Crippen LogP contribution in [-0.2, 0) is 19.2 Å². The Balaban J connectivity index is 0.000000443. The van der Waals surface area contributed by atoms with Crippen LogP contribution in [0.3, 0.4) is 0 Å². The van der Waals surface area contributed by atoms with Gasteiger partial charge in [0.15, 0.2) is 0 Å². The molecule has 0 radical (unpaired) electrons. The third-order valence-electron chi connectivity index (χ3n) is 1.86. The van der Waals surface area contributed by atoms with Gasteiger partial charge in [-0.2, -0.15) is 0 Å². The monoisotopic (exact) mass is 258 g/mol. The Bertz CT molecular complexity index is 262. The minimum absolute atomic E-state index is 0. The summed E-state index contributed by atoms with van der Waals surface area (Å²) >= 11 is 0.0833. The Hall–Kier alpha value is -0.0757. The summed E-state index contributed by atoms with van der Waals surface area (Å²) in [4.78, 5) is 0. The number of allylic oxidation sites excluding steroid dienone is 8. The van der Waals surface area contributed by atoms with E-state index in [2.05, 4.69) is 36.5 Å². The molecule has 2 aliphatic carbocycles. The van der Waals surface area contributed by atoms with E-state index in [9.17, 15) is 0 Å². The van der Waals surface area contributed by atoms with Crippen LogP contribution in [0.5, 0.6) is 0 Å². The van der Waals surface area contributed by atoms with Gasteiger partial charge < -0.3 is 17.5 Å². The molecule has 0 heterocycles. The predicted molar refractivity (Wildman–Crippen MR) is 54.2 cm³/mol. The summed E-state index contributed by atoms with van der Waals surface area (Å²) in [5.74, 6) is 0. The van der Waals surface area contributed by atoms with E-state index in [0.717, 1.165) is 0 Å². The van der Waals surface area contributed by atoms with Gasteiger partial charge in [-0.05, 0) is 0 Å². The van der Waals surface area contributed by atoms with Crippen LogP contribution in [0, 0.1) is 0 Å². The zero-order chi connectivity index (χ0) is 10.2. The van der Waals surface area contributed by atoms with Crippen molar-refractivity contribution in [3.05, 3.63) is 44.2 Å². The fraction of sp³-hybridized carbons (Fsp3) is 0.333. The smallest absolute Gasteiger partial charge is 0.0809 e. The summed E-state index contributed by atoms with van der Waals surface area (Å²) in [6, 6.07) is 0. The van der Waals surface area contributed by atoms with Crippen LogP contribution >= 0.6 is 0 Å². The van der Waals surface area contributed by atoms with Crippen molar-refractivity contribution >= 4 is 0 Å². The number of hydrogen-bond acceptors (Lipinski definition) is 1. The molecule has 3 heteroatoms. The van der Waals surface area contributed by atoms with Crippen LogP contribution in [0.1, 0.15) is 19.8 Å². The summed E-state index contributed by atoms with van der Waals surface area (Å²) in [6.07, 6.45) is 15.9. The molecule has 0 aromatic heterocycles. The standard InChI is InChI=1S/2C5H5.C2H5O.ClH.Ti/c2*1-2-4-5-3-1;1-2-3;;/h2*1-3H,4H2;2H2,1H3;1H;/q;;-1;;+2/p-1. The molecule has 0 saturated heterocycles. The first-order valence-electron chi connectivity index (χ1n) is 4.93. The Labute approximate surface area is 107 Å². The minimum Gasteiger partial charge on any atom is -1.00 e. The molecule has 0 fully saturated rings. The van der Waals surface area contributed by atoms with Crippen LogP contribution in [0.4, 0.5) is 0 Å². The average molecular weight is 259 g/mol. The first-order valence-corrected chi connectivity index (χ1v) is 6.49. The van der Waals surface area contributed by atoms with E-state index in [1.807, 2.05) is 0 Å². The molecule has 0 unspecified atom stereocenters. The molecular weight excluding hydrogens is 243 g/mol. The fourth-order valence-electron chi connectivity index (χ4n) is 1.29. The van der Waals surface area contributed by atoms with Gasteiger partial charge in [-0.25, -0.2) is 0 Å². The summed E-state index contributed by atoms with van der Waals surface area (Å²) in [6.45, 7) is 1.57. The first kappa shape index (κ1) is 14.9. The van der Waals surface area contributed by atoms with Crippen molar-refractivity contribution < 1.29 is 36.7 Å². The van der Waals surface area contributed by atoms with E-state index in [4.69, 9.17) is 5.11 Å². The van der Waals surface area contributed by atoms with Gasteiger partial charge in [0.25, 0.3) is 0 Å². The van der Waals surface area contributed by atoms with Gasteiger partial charge in [-0.1, -0.05) is 6.92 Å². The second-order valence-electron chi connectivity index (χ2n) is 3.06. The van der Waals surface area contributed by atoms with Crippen molar-refractivity contribution in [1.29, 1.82) is 0 Å². The van der Waals surface area contributed by atoms with Crippen LogP contribution < -0.4 is 17.5 Å². The van der Waals surface area contributed by atoms with Crippen molar-refractivity contribution in [2.45, 2.75) is 19.8 Å². The molecule has 0 aliphatic heterocycles. The van der Waals surface area contributed by atoms with Crippen molar-refractivity contribution in [3.8, 4) is 0 Å². The molecule has 0 aromatic rings. The number of rotatable bonds is 2. The first-order chi connectivity index (χ1) is 6.86. The SMILES string of the molecule is C1=CC[C]([Ti+2][C]2=CC=CC2)=C1.CC[O-].[Cl-]. The second-order valence-corrected chi connectivity index (χ2v) is 5.46. The Morgan fingerprint density at radius 2 is 1.53 bits per heavy atom. The van der Waals surface area contributed by atoms with Gasteiger partial charge in [-0.3, -0.25) is 0 Å². The Kier molecular flexibility index (Phi) is 9.13. The maximum absolute atomic E-state index is 8.93. The summed E-state index contributed by atoms with van der Waals surface area (Å²) < 4.78 is 3.36. The summed E-state index contributed by atoms with van der Waals surface area (Å²) in [5.41, 5.74) is 0. The van der Waals surface area contributed by atoms with Gasteiger partial charge in [-0.15, -0.1) is 6.61 Å². The van der Waals surface area contributed by atoms with E-state index in [-0.39, 0.29) is 38.2 Å². The summed E-state index contributed by atoms with van der Waals surface area (Å²) in [7, 11) is 0. The maximum atomic E-state index is 8.93. The molecule has 2 rings (SSSR count). The molecule has 80 valence electrons. The van der Waals surface area contributed by atoms with Crippen LogP contribution in [-0.4, -0.2) is 6.61 Å². The molecule has 1 nitrogen and oxygen atoms in total. The van der Waals surface area contributed by atoms with Crippen molar-refractivity contribution in [3.63, 3.8) is 0 Å². The van der Waals surface area contributed by atoms with Gasteiger partial charge in [0.2, 0.25) is 0 Å².